The second kappa shape index (κ2) is 6.36. The Kier molecular flexibility index (Phi) is 4.54. The number of carbonyl (C=O) groups is 1. The number of piperidine rings is 1. The van der Waals surface area contributed by atoms with E-state index in [2.05, 4.69) is 20.3 Å². The van der Waals surface area contributed by atoms with Gasteiger partial charge in [0.25, 0.3) is 0 Å². The molecule has 110 valence electrons. The van der Waals surface area contributed by atoms with Crippen LogP contribution in [0.1, 0.15) is 19.8 Å². The number of methoxy groups -OCH3 is 2. The van der Waals surface area contributed by atoms with E-state index in [1.54, 1.807) is 0 Å². The molecule has 0 bridgehead atoms. The molecule has 1 unspecified atom stereocenters. The first-order valence-corrected chi connectivity index (χ1v) is 6.48. The molecule has 0 aliphatic carbocycles. The van der Waals surface area contributed by atoms with Crippen LogP contribution in [-0.4, -0.2) is 54.2 Å². The third-order valence-electron chi connectivity index (χ3n) is 3.06. The van der Waals surface area contributed by atoms with Crippen molar-refractivity contribution in [3.63, 3.8) is 0 Å². The lowest BCUT2D eigenvalue weighted by Crippen LogP contribution is -2.47. The highest BCUT2D eigenvalue weighted by Gasteiger charge is 2.23. The first kappa shape index (κ1) is 14.3. The van der Waals surface area contributed by atoms with Gasteiger partial charge in [-0.3, -0.25) is 4.79 Å². The summed E-state index contributed by atoms with van der Waals surface area (Å²) in [6.07, 6.45) is 1.91. The molecule has 1 fully saturated rings. The normalized spacial score (nSPS) is 18.6. The number of anilines is 1. The smallest absolute Gasteiger partial charge is 0.324 e. The van der Waals surface area contributed by atoms with Gasteiger partial charge in [0, 0.05) is 26.1 Å². The van der Waals surface area contributed by atoms with E-state index in [9.17, 15) is 4.79 Å². The maximum atomic E-state index is 11.1. The van der Waals surface area contributed by atoms with Crippen molar-refractivity contribution in [1.82, 2.24) is 20.3 Å². The predicted molar refractivity (Wildman–Crippen MR) is 72.0 cm³/mol. The van der Waals surface area contributed by atoms with E-state index in [0.29, 0.717) is 12.5 Å². The van der Waals surface area contributed by atoms with Crippen LogP contribution in [0.25, 0.3) is 0 Å². The number of rotatable bonds is 4. The molecule has 1 atom stereocenters. The van der Waals surface area contributed by atoms with Crippen molar-refractivity contribution in [2.24, 2.45) is 0 Å². The number of hydrogen-bond acceptors (Lipinski definition) is 7. The molecule has 2 rings (SSSR count). The Morgan fingerprint density at radius 1 is 1.25 bits per heavy atom. The van der Waals surface area contributed by atoms with Crippen LogP contribution in [0.15, 0.2) is 0 Å². The van der Waals surface area contributed by atoms with Gasteiger partial charge in [-0.2, -0.15) is 9.97 Å². The molecule has 2 heterocycles. The minimum Gasteiger partial charge on any atom is -0.467 e. The molecule has 8 nitrogen and oxygen atoms in total. The molecule has 1 aliphatic heterocycles. The number of nitrogens with one attached hydrogen (secondary N) is 1. The summed E-state index contributed by atoms with van der Waals surface area (Å²) in [5, 5.41) is 2.92. The summed E-state index contributed by atoms with van der Waals surface area (Å²) in [7, 11) is 2.99. The molecule has 1 N–H and O–H groups in total. The van der Waals surface area contributed by atoms with Crippen LogP contribution in [0.4, 0.5) is 5.95 Å². The highest BCUT2D eigenvalue weighted by Crippen LogP contribution is 2.20. The molecule has 0 saturated carbocycles. The van der Waals surface area contributed by atoms with E-state index in [1.807, 2.05) is 4.90 Å². The fourth-order valence-corrected chi connectivity index (χ4v) is 2.22. The fourth-order valence-electron chi connectivity index (χ4n) is 2.22. The van der Waals surface area contributed by atoms with Crippen molar-refractivity contribution in [2.45, 2.75) is 25.8 Å². The lowest BCUT2D eigenvalue weighted by Gasteiger charge is -2.32. The monoisotopic (exact) mass is 281 g/mol. The lowest BCUT2D eigenvalue weighted by atomic mass is 10.1. The molecule has 8 heteroatoms. The molecule has 0 spiro atoms. The maximum Gasteiger partial charge on any atom is 0.324 e. The molecule has 1 aromatic heterocycles. The number of nitrogens with zero attached hydrogens (tertiary/aromatic N) is 4. The van der Waals surface area contributed by atoms with E-state index in [1.165, 1.54) is 21.1 Å². The van der Waals surface area contributed by atoms with Gasteiger partial charge < -0.3 is 19.7 Å². The predicted octanol–water partition coefficient (Wildman–Crippen LogP) is -0.00630. The van der Waals surface area contributed by atoms with Crippen LogP contribution >= 0.6 is 0 Å². The maximum absolute atomic E-state index is 11.1. The third kappa shape index (κ3) is 3.46. The molecule has 1 saturated heterocycles. The number of amides is 1. The van der Waals surface area contributed by atoms with Crippen molar-refractivity contribution in [2.75, 3.05) is 32.2 Å². The van der Waals surface area contributed by atoms with E-state index < -0.39 is 0 Å². The topological polar surface area (TPSA) is 89.5 Å². The summed E-state index contributed by atoms with van der Waals surface area (Å²) < 4.78 is 10.1. The zero-order chi connectivity index (χ0) is 14.5. The summed E-state index contributed by atoms with van der Waals surface area (Å²) in [6, 6.07) is 0.539. The van der Waals surface area contributed by atoms with Crippen LogP contribution in [0.2, 0.25) is 0 Å². The fraction of sp³-hybridized carbons (Fsp3) is 0.667. The van der Waals surface area contributed by atoms with Gasteiger partial charge >= 0.3 is 12.0 Å². The van der Waals surface area contributed by atoms with Crippen LogP contribution < -0.4 is 19.7 Å². The van der Waals surface area contributed by atoms with Crippen molar-refractivity contribution >= 4 is 11.9 Å². The van der Waals surface area contributed by atoms with Gasteiger partial charge in [0.05, 0.1) is 14.2 Å². The number of hydrogen-bond donors (Lipinski definition) is 1. The molecule has 0 aromatic carbocycles. The zero-order valence-corrected chi connectivity index (χ0v) is 11.9. The molecule has 0 radical (unpaired) electrons. The summed E-state index contributed by atoms with van der Waals surface area (Å²) in [4.78, 5) is 25.6. The molecular weight excluding hydrogens is 262 g/mol. The Labute approximate surface area is 117 Å². The van der Waals surface area contributed by atoms with E-state index in [0.717, 1.165) is 19.4 Å². The third-order valence-corrected chi connectivity index (χ3v) is 3.06. The molecule has 1 aliphatic rings. The first-order chi connectivity index (χ1) is 9.62. The Hall–Kier alpha value is -2.12. The summed E-state index contributed by atoms with van der Waals surface area (Å²) in [5.41, 5.74) is 0. The van der Waals surface area contributed by atoms with Crippen LogP contribution in [0.5, 0.6) is 12.0 Å². The number of carbonyl (C=O) groups excluding carboxylic acids is 1. The van der Waals surface area contributed by atoms with Gasteiger partial charge in [-0.25, -0.2) is 0 Å². The SMILES string of the molecule is COc1nc(OC)nc(N2CCCC(NC(C)=O)C2)n1. The van der Waals surface area contributed by atoms with Gasteiger partial charge in [0.15, 0.2) is 0 Å². The minimum absolute atomic E-state index is 0.0253. The second-order valence-electron chi connectivity index (χ2n) is 4.59. The quantitative estimate of drug-likeness (QED) is 0.830. The highest BCUT2D eigenvalue weighted by molar-refractivity contribution is 5.73. The zero-order valence-electron chi connectivity index (χ0n) is 11.9. The van der Waals surface area contributed by atoms with Gasteiger partial charge in [0.2, 0.25) is 11.9 Å². The largest absolute Gasteiger partial charge is 0.467 e. The molecule has 20 heavy (non-hydrogen) atoms. The van der Waals surface area contributed by atoms with E-state index in [4.69, 9.17) is 9.47 Å². The first-order valence-electron chi connectivity index (χ1n) is 6.48. The van der Waals surface area contributed by atoms with Gasteiger partial charge in [-0.15, -0.1) is 4.98 Å². The Morgan fingerprint density at radius 2 is 1.90 bits per heavy atom. The number of aromatic nitrogens is 3. The lowest BCUT2D eigenvalue weighted by molar-refractivity contribution is -0.119. The average Bonchev–Trinajstić information content (AvgIpc) is 2.46. The van der Waals surface area contributed by atoms with Crippen LogP contribution in [0.3, 0.4) is 0 Å². The second-order valence-corrected chi connectivity index (χ2v) is 4.59. The van der Waals surface area contributed by atoms with Crippen LogP contribution in [-0.2, 0) is 4.79 Å². The highest BCUT2D eigenvalue weighted by atomic mass is 16.5. The summed E-state index contributed by atoms with van der Waals surface area (Å²) in [5.74, 6) is 0.478. The Balaban J connectivity index is 2.15. The Bertz CT molecular complexity index is 460. The van der Waals surface area contributed by atoms with Crippen molar-refractivity contribution in [1.29, 1.82) is 0 Å². The number of ether oxygens (including phenoxy) is 2. The molecular formula is C12H19N5O3. The summed E-state index contributed by atoms with van der Waals surface area (Å²) >= 11 is 0. The van der Waals surface area contributed by atoms with Gasteiger partial charge in [-0.05, 0) is 12.8 Å². The van der Waals surface area contributed by atoms with Crippen molar-refractivity contribution < 1.29 is 14.3 Å². The Morgan fingerprint density at radius 3 is 2.45 bits per heavy atom. The minimum atomic E-state index is -0.0253. The van der Waals surface area contributed by atoms with Crippen molar-refractivity contribution in [3.05, 3.63) is 0 Å². The molecule has 1 amide bonds. The van der Waals surface area contributed by atoms with E-state index >= 15 is 0 Å². The van der Waals surface area contributed by atoms with Crippen molar-refractivity contribution in [3.8, 4) is 12.0 Å². The molecule has 1 aromatic rings. The van der Waals surface area contributed by atoms with E-state index in [-0.39, 0.29) is 24.0 Å². The van der Waals surface area contributed by atoms with Gasteiger partial charge in [0.1, 0.15) is 0 Å². The average molecular weight is 281 g/mol. The summed E-state index contributed by atoms with van der Waals surface area (Å²) in [6.45, 7) is 3.01. The van der Waals surface area contributed by atoms with Gasteiger partial charge in [-0.1, -0.05) is 0 Å². The van der Waals surface area contributed by atoms with Crippen LogP contribution in [0, 0.1) is 0 Å². The standard InChI is InChI=1S/C12H19N5O3/c1-8(18)13-9-5-4-6-17(7-9)10-14-11(19-2)16-12(15-10)20-3/h9H,4-7H2,1-3H3,(H,13,18).